The third-order valence-electron chi connectivity index (χ3n) is 4.55. The molecule has 0 bridgehead atoms. The zero-order valence-corrected chi connectivity index (χ0v) is 15.1. The standard InChI is InChI=1S/C20H19N7/c1-11-5-3-6-13-9-15(12(2)18-25-19(21)27-20(22)26-18)17(24-16(11)13)14-7-4-8-23-10-14/h3-10,12H,1-2H3,(H4,21,22,25,26,27). The molecule has 0 saturated heterocycles. The SMILES string of the molecule is Cc1cccc2cc(C(C)c3nc(N)nc(N)n3)c(-c3cccnc3)nc12. The smallest absolute Gasteiger partial charge is 0.225 e. The molecule has 1 aromatic carbocycles. The second-order valence-electron chi connectivity index (χ2n) is 6.45. The summed E-state index contributed by atoms with van der Waals surface area (Å²) in [5.74, 6) is 0.554. The van der Waals surface area contributed by atoms with Gasteiger partial charge in [0, 0.05) is 29.3 Å². The molecular formula is C20H19N7. The van der Waals surface area contributed by atoms with Crippen LogP contribution in [0.15, 0.2) is 48.8 Å². The Kier molecular flexibility index (Phi) is 4.12. The fourth-order valence-electron chi connectivity index (χ4n) is 3.19. The summed E-state index contributed by atoms with van der Waals surface area (Å²) in [6.07, 6.45) is 3.55. The van der Waals surface area contributed by atoms with E-state index in [1.54, 1.807) is 12.4 Å². The van der Waals surface area contributed by atoms with Crippen molar-refractivity contribution in [1.29, 1.82) is 0 Å². The minimum Gasteiger partial charge on any atom is -0.368 e. The van der Waals surface area contributed by atoms with Gasteiger partial charge >= 0.3 is 0 Å². The Morgan fingerprint density at radius 3 is 2.41 bits per heavy atom. The molecule has 3 aromatic heterocycles. The number of nitrogens with two attached hydrogens (primary N) is 2. The number of anilines is 2. The average Bonchev–Trinajstić information content (AvgIpc) is 2.67. The van der Waals surface area contributed by atoms with Gasteiger partial charge in [0.15, 0.2) is 0 Å². The van der Waals surface area contributed by atoms with E-state index in [9.17, 15) is 0 Å². The van der Waals surface area contributed by atoms with Crippen molar-refractivity contribution in [2.45, 2.75) is 19.8 Å². The van der Waals surface area contributed by atoms with E-state index in [1.165, 1.54) is 0 Å². The van der Waals surface area contributed by atoms with Crippen LogP contribution < -0.4 is 11.5 Å². The van der Waals surface area contributed by atoms with Crippen molar-refractivity contribution in [3.05, 3.63) is 65.7 Å². The quantitative estimate of drug-likeness (QED) is 0.578. The highest BCUT2D eigenvalue weighted by Gasteiger charge is 2.20. The Bertz CT molecular complexity index is 1110. The van der Waals surface area contributed by atoms with Crippen LogP contribution in [-0.4, -0.2) is 24.9 Å². The molecule has 0 aliphatic carbocycles. The fourth-order valence-corrected chi connectivity index (χ4v) is 3.19. The van der Waals surface area contributed by atoms with E-state index < -0.39 is 0 Å². The maximum Gasteiger partial charge on any atom is 0.225 e. The lowest BCUT2D eigenvalue weighted by Crippen LogP contribution is -2.11. The Morgan fingerprint density at radius 1 is 0.926 bits per heavy atom. The Hall–Kier alpha value is -3.61. The van der Waals surface area contributed by atoms with Gasteiger partial charge < -0.3 is 11.5 Å². The number of pyridine rings is 2. The van der Waals surface area contributed by atoms with Crippen molar-refractivity contribution in [3.63, 3.8) is 0 Å². The normalized spacial score (nSPS) is 12.2. The number of para-hydroxylation sites is 1. The van der Waals surface area contributed by atoms with Crippen molar-refractivity contribution in [1.82, 2.24) is 24.9 Å². The van der Waals surface area contributed by atoms with Crippen LogP contribution in [0.25, 0.3) is 22.2 Å². The summed E-state index contributed by atoms with van der Waals surface area (Å²) in [5, 5.41) is 1.06. The Labute approximate surface area is 156 Å². The van der Waals surface area contributed by atoms with E-state index in [0.717, 1.165) is 33.3 Å². The third kappa shape index (κ3) is 3.15. The first-order chi connectivity index (χ1) is 13.0. The lowest BCUT2D eigenvalue weighted by atomic mass is 9.93. The summed E-state index contributed by atoms with van der Waals surface area (Å²) < 4.78 is 0. The highest BCUT2D eigenvalue weighted by Crippen LogP contribution is 2.33. The fraction of sp³-hybridized carbons (Fsp3) is 0.150. The van der Waals surface area contributed by atoms with Gasteiger partial charge in [0.2, 0.25) is 11.9 Å². The molecule has 0 fully saturated rings. The lowest BCUT2D eigenvalue weighted by molar-refractivity contribution is 0.806. The van der Waals surface area contributed by atoms with Gasteiger partial charge in [-0.2, -0.15) is 15.0 Å². The minimum atomic E-state index is -0.176. The van der Waals surface area contributed by atoms with Crippen LogP contribution in [0.2, 0.25) is 0 Å². The molecule has 1 unspecified atom stereocenters. The van der Waals surface area contributed by atoms with Crippen molar-refractivity contribution >= 4 is 22.8 Å². The lowest BCUT2D eigenvalue weighted by Gasteiger charge is -2.17. The van der Waals surface area contributed by atoms with Crippen LogP contribution in [0.4, 0.5) is 11.9 Å². The first-order valence-corrected chi connectivity index (χ1v) is 8.60. The third-order valence-corrected chi connectivity index (χ3v) is 4.55. The predicted molar refractivity (Wildman–Crippen MR) is 106 cm³/mol. The second kappa shape index (κ2) is 6.60. The molecule has 0 aliphatic heterocycles. The topological polar surface area (TPSA) is 116 Å². The molecule has 4 N–H and O–H groups in total. The molecule has 0 saturated carbocycles. The number of aryl methyl sites for hydroxylation is 1. The van der Waals surface area contributed by atoms with Gasteiger partial charge in [0.25, 0.3) is 0 Å². The second-order valence-corrected chi connectivity index (χ2v) is 6.45. The van der Waals surface area contributed by atoms with Crippen molar-refractivity contribution in [2.24, 2.45) is 0 Å². The van der Waals surface area contributed by atoms with Crippen LogP contribution >= 0.6 is 0 Å². The van der Waals surface area contributed by atoms with Crippen LogP contribution in [0, 0.1) is 6.92 Å². The molecule has 0 spiro atoms. The predicted octanol–water partition coefficient (Wildman–Crippen LogP) is 3.11. The molecule has 4 rings (SSSR count). The molecule has 3 heterocycles. The Morgan fingerprint density at radius 2 is 1.70 bits per heavy atom. The van der Waals surface area contributed by atoms with Crippen molar-refractivity contribution in [2.75, 3.05) is 11.5 Å². The van der Waals surface area contributed by atoms with Gasteiger partial charge in [-0.1, -0.05) is 25.1 Å². The summed E-state index contributed by atoms with van der Waals surface area (Å²) in [6, 6.07) is 12.1. The van der Waals surface area contributed by atoms with Crippen LogP contribution in [0.3, 0.4) is 0 Å². The maximum absolute atomic E-state index is 5.77. The Balaban J connectivity index is 1.97. The summed E-state index contributed by atoms with van der Waals surface area (Å²) >= 11 is 0. The van der Waals surface area contributed by atoms with Gasteiger partial charge in [-0.3, -0.25) is 4.98 Å². The van der Waals surface area contributed by atoms with E-state index in [0.29, 0.717) is 5.82 Å². The molecule has 0 aliphatic rings. The largest absolute Gasteiger partial charge is 0.368 e. The van der Waals surface area contributed by atoms with Crippen LogP contribution in [-0.2, 0) is 0 Å². The van der Waals surface area contributed by atoms with E-state index in [2.05, 4.69) is 45.1 Å². The number of aromatic nitrogens is 5. The van der Waals surface area contributed by atoms with Crippen LogP contribution in [0.5, 0.6) is 0 Å². The number of rotatable bonds is 3. The van der Waals surface area contributed by atoms with Crippen LogP contribution in [0.1, 0.15) is 29.8 Å². The number of fused-ring (bicyclic) bond motifs is 1. The molecular weight excluding hydrogens is 338 g/mol. The van der Waals surface area contributed by atoms with Crippen molar-refractivity contribution in [3.8, 4) is 11.3 Å². The zero-order chi connectivity index (χ0) is 19.0. The van der Waals surface area contributed by atoms with Gasteiger partial charge in [-0.05, 0) is 36.2 Å². The molecule has 134 valence electrons. The number of hydrogen-bond acceptors (Lipinski definition) is 7. The number of nitrogens with zero attached hydrogens (tertiary/aromatic N) is 5. The molecule has 7 heteroatoms. The minimum absolute atomic E-state index is 0.108. The molecule has 0 amide bonds. The molecule has 27 heavy (non-hydrogen) atoms. The first-order valence-electron chi connectivity index (χ1n) is 8.60. The maximum atomic E-state index is 5.77. The van der Waals surface area contributed by atoms with Gasteiger partial charge in [0.1, 0.15) is 5.82 Å². The van der Waals surface area contributed by atoms with E-state index in [1.807, 2.05) is 25.1 Å². The molecule has 0 radical (unpaired) electrons. The monoisotopic (exact) mass is 357 g/mol. The summed E-state index contributed by atoms with van der Waals surface area (Å²) in [5.41, 5.74) is 16.4. The highest BCUT2D eigenvalue weighted by molar-refractivity contribution is 5.86. The molecule has 7 nitrogen and oxygen atoms in total. The summed E-state index contributed by atoms with van der Waals surface area (Å²) in [7, 11) is 0. The van der Waals surface area contributed by atoms with E-state index in [-0.39, 0.29) is 17.8 Å². The summed E-state index contributed by atoms with van der Waals surface area (Å²) in [6.45, 7) is 4.06. The van der Waals surface area contributed by atoms with Gasteiger partial charge in [0.05, 0.1) is 11.2 Å². The first kappa shape index (κ1) is 16.8. The average molecular weight is 357 g/mol. The highest BCUT2D eigenvalue weighted by atomic mass is 15.1. The van der Waals surface area contributed by atoms with Gasteiger partial charge in [-0.25, -0.2) is 4.98 Å². The molecule has 1 atom stereocenters. The molecule has 4 aromatic rings. The van der Waals surface area contributed by atoms with E-state index in [4.69, 9.17) is 16.5 Å². The number of nitrogen functional groups attached to an aromatic ring is 2. The van der Waals surface area contributed by atoms with Crippen molar-refractivity contribution < 1.29 is 0 Å². The number of hydrogen-bond donors (Lipinski definition) is 2. The number of benzene rings is 1. The summed E-state index contributed by atoms with van der Waals surface area (Å²) in [4.78, 5) is 21.6. The van der Waals surface area contributed by atoms with E-state index >= 15 is 0 Å². The van der Waals surface area contributed by atoms with Gasteiger partial charge in [-0.15, -0.1) is 0 Å². The zero-order valence-electron chi connectivity index (χ0n) is 15.1.